The largest absolute Gasteiger partial charge is 0.396 e. The number of carbonyl (C=O) groups excluding carboxylic acids is 1. The van der Waals surface area contributed by atoms with Crippen LogP contribution in [-0.2, 0) is 7.05 Å². The first-order valence-electron chi connectivity index (χ1n) is 4.72. The summed E-state index contributed by atoms with van der Waals surface area (Å²) in [5.74, 6) is -0.227. The van der Waals surface area contributed by atoms with E-state index >= 15 is 0 Å². The van der Waals surface area contributed by atoms with Gasteiger partial charge in [-0.2, -0.15) is 5.10 Å². The van der Waals surface area contributed by atoms with Crippen molar-refractivity contribution in [3.05, 3.63) is 11.9 Å². The molecule has 84 valence electrons. The maximum Gasteiger partial charge on any atom is 0.273 e. The zero-order valence-corrected chi connectivity index (χ0v) is 9.32. The monoisotopic (exact) mass is 211 g/mol. The van der Waals surface area contributed by atoms with Crippen molar-refractivity contribution in [1.82, 2.24) is 20.0 Å². The van der Waals surface area contributed by atoms with Gasteiger partial charge in [-0.05, 0) is 14.1 Å². The molecule has 1 rings (SSSR count). The predicted octanol–water partition coefficient (Wildman–Crippen LogP) is -0.706. The quantitative estimate of drug-likeness (QED) is 0.690. The summed E-state index contributed by atoms with van der Waals surface area (Å²) >= 11 is 0. The molecule has 0 atom stereocenters. The topological polar surface area (TPSA) is 76.2 Å². The lowest BCUT2D eigenvalue weighted by Gasteiger charge is -2.09. The molecule has 0 aliphatic carbocycles. The van der Waals surface area contributed by atoms with E-state index < -0.39 is 0 Å². The van der Waals surface area contributed by atoms with Gasteiger partial charge in [0.1, 0.15) is 0 Å². The SMILES string of the molecule is CN(C)CCNC(=O)c1nn(C)cc1N. The van der Waals surface area contributed by atoms with Crippen LogP contribution in [0, 0.1) is 0 Å². The molecular formula is C9H17N5O. The molecule has 6 heteroatoms. The van der Waals surface area contributed by atoms with Gasteiger partial charge < -0.3 is 16.0 Å². The third-order valence-electron chi connectivity index (χ3n) is 1.92. The average Bonchev–Trinajstić information content (AvgIpc) is 2.44. The second-order valence-corrected chi connectivity index (χ2v) is 3.67. The van der Waals surface area contributed by atoms with Crippen LogP contribution in [0.4, 0.5) is 5.69 Å². The number of hydrogen-bond donors (Lipinski definition) is 2. The number of aromatic nitrogens is 2. The maximum atomic E-state index is 11.6. The van der Waals surface area contributed by atoms with Gasteiger partial charge in [-0.15, -0.1) is 0 Å². The van der Waals surface area contributed by atoms with Crippen LogP contribution in [0.25, 0.3) is 0 Å². The Morgan fingerprint density at radius 3 is 2.80 bits per heavy atom. The fourth-order valence-electron chi connectivity index (χ4n) is 1.16. The Bertz CT molecular complexity index is 344. The van der Waals surface area contributed by atoms with Crippen LogP contribution >= 0.6 is 0 Å². The standard InChI is InChI=1S/C9H17N5O/c1-13(2)5-4-11-9(15)8-7(10)6-14(3)12-8/h6H,4-5,10H2,1-3H3,(H,11,15). The number of amides is 1. The van der Waals surface area contributed by atoms with Gasteiger partial charge in [-0.1, -0.05) is 0 Å². The highest BCUT2D eigenvalue weighted by molar-refractivity contribution is 5.96. The Labute approximate surface area is 89.0 Å². The van der Waals surface area contributed by atoms with Gasteiger partial charge >= 0.3 is 0 Å². The molecule has 0 fully saturated rings. The predicted molar refractivity (Wildman–Crippen MR) is 58.5 cm³/mol. The summed E-state index contributed by atoms with van der Waals surface area (Å²) in [4.78, 5) is 13.6. The molecule has 1 amide bonds. The number of nitrogens with zero attached hydrogens (tertiary/aromatic N) is 3. The molecule has 0 aliphatic rings. The van der Waals surface area contributed by atoms with Crippen LogP contribution in [-0.4, -0.2) is 47.8 Å². The number of rotatable bonds is 4. The van der Waals surface area contributed by atoms with Gasteiger partial charge in [0.05, 0.1) is 5.69 Å². The van der Waals surface area contributed by atoms with Crippen LogP contribution in [0.2, 0.25) is 0 Å². The van der Waals surface area contributed by atoms with E-state index in [-0.39, 0.29) is 11.6 Å². The molecule has 0 aromatic carbocycles. The Morgan fingerprint density at radius 1 is 1.67 bits per heavy atom. The van der Waals surface area contributed by atoms with E-state index in [4.69, 9.17) is 5.73 Å². The molecule has 0 aliphatic heterocycles. The van der Waals surface area contributed by atoms with Crippen molar-refractivity contribution >= 4 is 11.6 Å². The first kappa shape index (κ1) is 11.5. The molecule has 1 aromatic heterocycles. The fourth-order valence-corrected chi connectivity index (χ4v) is 1.16. The molecule has 0 unspecified atom stereocenters. The number of nitrogens with one attached hydrogen (secondary N) is 1. The molecule has 1 heterocycles. The number of hydrogen-bond acceptors (Lipinski definition) is 4. The highest BCUT2D eigenvalue weighted by Crippen LogP contribution is 2.06. The van der Waals surface area contributed by atoms with Gasteiger partial charge in [0.15, 0.2) is 5.69 Å². The van der Waals surface area contributed by atoms with Gasteiger partial charge in [-0.25, -0.2) is 0 Å². The van der Waals surface area contributed by atoms with E-state index in [1.54, 1.807) is 13.2 Å². The van der Waals surface area contributed by atoms with Crippen LogP contribution in [0.5, 0.6) is 0 Å². The van der Waals surface area contributed by atoms with Crippen molar-refractivity contribution < 1.29 is 4.79 Å². The van der Waals surface area contributed by atoms with E-state index in [1.807, 2.05) is 19.0 Å². The first-order chi connectivity index (χ1) is 7.00. The normalized spacial score (nSPS) is 10.7. The number of carbonyl (C=O) groups is 1. The lowest BCUT2D eigenvalue weighted by Crippen LogP contribution is -2.32. The van der Waals surface area contributed by atoms with Crippen LogP contribution in [0.1, 0.15) is 10.5 Å². The Hall–Kier alpha value is -1.56. The summed E-state index contributed by atoms with van der Waals surface area (Å²) in [5.41, 5.74) is 6.31. The Morgan fingerprint density at radius 2 is 2.33 bits per heavy atom. The summed E-state index contributed by atoms with van der Waals surface area (Å²) in [5, 5.41) is 6.72. The maximum absolute atomic E-state index is 11.6. The first-order valence-corrected chi connectivity index (χ1v) is 4.72. The molecule has 0 spiro atoms. The molecule has 0 bridgehead atoms. The van der Waals surface area contributed by atoms with E-state index in [1.165, 1.54) is 4.68 Å². The Kier molecular flexibility index (Phi) is 3.68. The number of aryl methyl sites for hydroxylation is 1. The lowest BCUT2D eigenvalue weighted by atomic mass is 10.3. The number of anilines is 1. The van der Waals surface area contributed by atoms with Crippen LogP contribution < -0.4 is 11.1 Å². The zero-order valence-electron chi connectivity index (χ0n) is 9.32. The van der Waals surface area contributed by atoms with Gasteiger partial charge in [0.2, 0.25) is 0 Å². The van der Waals surface area contributed by atoms with Crippen molar-refractivity contribution in [2.24, 2.45) is 7.05 Å². The van der Waals surface area contributed by atoms with E-state index in [9.17, 15) is 4.79 Å². The van der Waals surface area contributed by atoms with Crippen molar-refractivity contribution in [2.45, 2.75) is 0 Å². The molecule has 0 radical (unpaired) electrons. The summed E-state index contributed by atoms with van der Waals surface area (Å²) < 4.78 is 1.52. The molecule has 3 N–H and O–H groups in total. The molecular weight excluding hydrogens is 194 g/mol. The highest BCUT2D eigenvalue weighted by Gasteiger charge is 2.12. The number of likely N-dealkylation sites (N-methyl/N-ethyl adjacent to an activating group) is 1. The van der Waals surface area contributed by atoms with Crippen LogP contribution in [0.15, 0.2) is 6.20 Å². The smallest absolute Gasteiger partial charge is 0.273 e. The number of nitrogens with two attached hydrogens (primary N) is 1. The second kappa shape index (κ2) is 4.79. The van der Waals surface area contributed by atoms with Crippen LogP contribution in [0.3, 0.4) is 0 Å². The zero-order chi connectivity index (χ0) is 11.4. The number of nitrogen functional groups attached to an aromatic ring is 1. The molecule has 6 nitrogen and oxygen atoms in total. The lowest BCUT2D eigenvalue weighted by molar-refractivity contribution is 0.0946. The summed E-state index contributed by atoms with van der Waals surface area (Å²) in [7, 11) is 5.62. The fraction of sp³-hybridized carbons (Fsp3) is 0.556. The summed E-state index contributed by atoms with van der Waals surface area (Å²) in [6.45, 7) is 1.38. The van der Waals surface area contributed by atoms with Gasteiger partial charge in [0.25, 0.3) is 5.91 Å². The minimum atomic E-state index is -0.227. The van der Waals surface area contributed by atoms with E-state index in [0.717, 1.165) is 6.54 Å². The average molecular weight is 211 g/mol. The van der Waals surface area contributed by atoms with Crippen molar-refractivity contribution in [1.29, 1.82) is 0 Å². The van der Waals surface area contributed by atoms with Gasteiger partial charge in [-0.3, -0.25) is 9.48 Å². The molecule has 0 saturated carbocycles. The third-order valence-corrected chi connectivity index (χ3v) is 1.92. The highest BCUT2D eigenvalue weighted by atomic mass is 16.2. The van der Waals surface area contributed by atoms with Crippen molar-refractivity contribution in [3.63, 3.8) is 0 Å². The Balaban J connectivity index is 2.50. The molecule has 1 aromatic rings. The molecule has 0 saturated heterocycles. The molecule has 15 heavy (non-hydrogen) atoms. The summed E-state index contributed by atoms with van der Waals surface area (Å²) in [6.07, 6.45) is 1.61. The summed E-state index contributed by atoms with van der Waals surface area (Å²) in [6, 6.07) is 0. The second-order valence-electron chi connectivity index (χ2n) is 3.67. The minimum absolute atomic E-state index is 0.227. The van der Waals surface area contributed by atoms with Crippen molar-refractivity contribution in [3.8, 4) is 0 Å². The minimum Gasteiger partial charge on any atom is -0.396 e. The van der Waals surface area contributed by atoms with E-state index in [2.05, 4.69) is 10.4 Å². The van der Waals surface area contributed by atoms with Gasteiger partial charge in [0, 0.05) is 26.3 Å². The van der Waals surface area contributed by atoms with Crippen molar-refractivity contribution in [2.75, 3.05) is 32.9 Å². The van der Waals surface area contributed by atoms with E-state index in [0.29, 0.717) is 12.2 Å². The third kappa shape index (κ3) is 3.25.